The van der Waals surface area contributed by atoms with Crippen molar-refractivity contribution in [2.75, 3.05) is 30.7 Å². The predicted molar refractivity (Wildman–Crippen MR) is 127 cm³/mol. The second kappa shape index (κ2) is 8.77. The molecule has 0 bridgehead atoms. The first kappa shape index (κ1) is 23.0. The van der Waals surface area contributed by atoms with Crippen LogP contribution in [0.2, 0.25) is 5.02 Å². The number of nitrogen functional groups attached to an aromatic ring is 1. The molecule has 1 saturated heterocycles. The molecule has 9 nitrogen and oxygen atoms in total. The number of para-hydroxylation sites is 2. The number of carbonyl (C=O) groups excluding carboxylic acids is 2. The molecule has 2 aliphatic rings. The van der Waals surface area contributed by atoms with Crippen LogP contribution in [0.15, 0.2) is 42.6 Å². The molecule has 0 radical (unpaired) electrons. The van der Waals surface area contributed by atoms with E-state index in [9.17, 15) is 9.59 Å². The van der Waals surface area contributed by atoms with Crippen LogP contribution < -0.4 is 15.8 Å². The third kappa shape index (κ3) is 3.83. The molecule has 3 N–H and O–H groups in total. The van der Waals surface area contributed by atoms with Gasteiger partial charge in [0.15, 0.2) is 11.4 Å². The number of benzene rings is 2. The Kier molecular flexibility index (Phi) is 5.76. The fraction of sp³-hybridized carbons (Fsp3) is 0.292. The Morgan fingerprint density at radius 2 is 2.14 bits per heavy atom. The molecule has 5 rings (SSSR count). The minimum Gasteiger partial charge on any atom is -0.492 e. The number of fused-ring (bicyclic) bond motifs is 2. The van der Waals surface area contributed by atoms with E-state index in [0.29, 0.717) is 37.4 Å². The summed E-state index contributed by atoms with van der Waals surface area (Å²) in [6.07, 6.45) is 1.49. The number of nitrogens with zero attached hydrogens (tertiary/aromatic N) is 3. The van der Waals surface area contributed by atoms with Crippen LogP contribution in [0.25, 0.3) is 5.69 Å². The zero-order valence-electron chi connectivity index (χ0n) is 18.9. The first-order valence-corrected chi connectivity index (χ1v) is 11.6. The fourth-order valence-corrected chi connectivity index (χ4v) is 4.90. The third-order valence-electron chi connectivity index (χ3n) is 6.25. The lowest BCUT2D eigenvalue weighted by atomic mass is 9.83. The van der Waals surface area contributed by atoms with Crippen LogP contribution in [-0.4, -0.2) is 46.4 Å². The maximum absolute atomic E-state index is 15.1. The van der Waals surface area contributed by atoms with Crippen molar-refractivity contribution in [3.05, 3.63) is 64.6 Å². The Balaban J connectivity index is 1.49. The number of rotatable bonds is 4. The molecule has 2 amide bonds. The number of likely N-dealkylation sites (tertiary alicyclic amines) is 1. The lowest BCUT2D eigenvalue weighted by molar-refractivity contribution is -0.0418. The van der Waals surface area contributed by atoms with Gasteiger partial charge in [-0.2, -0.15) is 5.10 Å². The number of aromatic nitrogens is 2. The molecule has 0 unspecified atom stereocenters. The first-order chi connectivity index (χ1) is 16.8. The Morgan fingerprint density at radius 3 is 2.94 bits per heavy atom. The van der Waals surface area contributed by atoms with Crippen molar-refractivity contribution in [3.63, 3.8) is 0 Å². The summed E-state index contributed by atoms with van der Waals surface area (Å²) < 4.78 is 27.9. The molecule has 1 spiro atoms. The van der Waals surface area contributed by atoms with Gasteiger partial charge in [-0.3, -0.25) is 10.1 Å². The quantitative estimate of drug-likeness (QED) is 0.552. The van der Waals surface area contributed by atoms with Crippen molar-refractivity contribution in [1.82, 2.24) is 14.7 Å². The van der Waals surface area contributed by atoms with E-state index in [-0.39, 0.29) is 34.2 Å². The fourth-order valence-electron chi connectivity index (χ4n) is 4.74. The van der Waals surface area contributed by atoms with E-state index in [2.05, 4.69) is 10.4 Å². The molecule has 11 heteroatoms. The van der Waals surface area contributed by atoms with Crippen molar-refractivity contribution < 1.29 is 23.5 Å². The van der Waals surface area contributed by atoms with Crippen LogP contribution in [0, 0.1) is 5.82 Å². The van der Waals surface area contributed by atoms with E-state index in [4.69, 9.17) is 26.8 Å². The molecule has 35 heavy (non-hydrogen) atoms. The second-order valence-corrected chi connectivity index (χ2v) is 8.79. The molecule has 0 aliphatic carbocycles. The van der Waals surface area contributed by atoms with E-state index in [1.54, 1.807) is 12.1 Å². The number of nitrogens with two attached hydrogens (primary N) is 1. The first-order valence-electron chi connectivity index (χ1n) is 11.2. The number of hydrogen-bond donors (Lipinski definition) is 2. The van der Waals surface area contributed by atoms with Crippen molar-refractivity contribution in [2.45, 2.75) is 25.4 Å². The summed E-state index contributed by atoms with van der Waals surface area (Å²) in [6.45, 7) is 2.65. The molecule has 182 valence electrons. The van der Waals surface area contributed by atoms with Crippen LogP contribution in [0.5, 0.6) is 5.75 Å². The summed E-state index contributed by atoms with van der Waals surface area (Å²) >= 11 is 6.03. The van der Waals surface area contributed by atoms with Gasteiger partial charge >= 0.3 is 6.09 Å². The molecule has 1 aromatic heterocycles. The predicted octanol–water partition coefficient (Wildman–Crippen LogP) is 4.34. The van der Waals surface area contributed by atoms with Crippen LogP contribution >= 0.6 is 11.6 Å². The van der Waals surface area contributed by atoms with E-state index in [1.165, 1.54) is 27.9 Å². The molecule has 2 aliphatic heterocycles. The number of carbonyl (C=O) groups is 2. The molecule has 1 fully saturated rings. The molecule has 1 atom stereocenters. The van der Waals surface area contributed by atoms with Gasteiger partial charge in [0.05, 0.1) is 35.6 Å². The van der Waals surface area contributed by atoms with E-state index < -0.39 is 23.4 Å². The number of nitrogens with one attached hydrogen (secondary N) is 1. The standard InChI is InChI=1S/C24H23ClFN5O4/c1-2-34-18-7-4-3-6-17(18)31-21(27)14(12-28-31)22(32)30-11-5-10-24(13-30)19-16(29-23(33)35-24)9-8-15(25)20(19)26/h3-4,6-9,12H,2,5,10-11,13,27H2,1H3,(H,29,33)/t24-/m0/s1. The van der Waals surface area contributed by atoms with Gasteiger partial charge in [0.1, 0.15) is 22.8 Å². The number of piperidine rings is 1. The van der Waals surface area contributed by atoms with Crippen LogP contribution in [0.3, 0.4) is 0 Å². The van der Waals surface area contributed by atoms with Gasteiger partial charge in [-0.15, -0.1) is 0 Å². The van der Waals surface area contributed by atoms with E-state index in [0.717, 1.165) is 0 Å². The van der Waals surface area contributed by atoms with Crippen molar-refractivity contribution in [1.29, 1.82) is 0 Å². The lowest BCUT2D eigenvalue weighted by Crippen LogP contribution is -2.53. The minimum atomic E-state index is -1.37. The Labute approximate surface area is 205 Å². The molecular formula is C24H23ClFN5O4. The molecule has 3 heterocycles. The summed E-state index contributed by atoms with van der Waals surface area (Å²) in [5.41, 5.74) is 6.16. The van der Waals surface area contributed by atoms with Gasteiger partial charge in [0.25, 0.3) is 5.91 Å². The van der Waals surface area contributed by atoms with Crippen molar-refractivity contribution >= 4 is 35.1 Å². The maximum Gasteiger partial charge on any atom is 0.412 e. The zero-order valence-corrected chi connectivity index (χ0v) is 19.6. The summed E-state index contributed by atoms with van der Waals surface area (Å²) in [5.74, 6) is -0.372. The molecular weight excluding hydrogens is 477 g/mol. The molecule has 3 aromatic rings. The highest BCUT2D eigenvalue weighted by atomic mass is 35.5. The summed E-state index contributed by atoms with van der Waals surface area (Å²) in [6, 6.07) is 10.1. The van der Waals surface area contributed by atoms with Gasteiger partial charge in [-0.1, -0.05) is 23.7 Å². The highest BCUT2D eigenvalue weighted by Gasteiger charge is 2.48. The second-order valence-electron chi connectivity index (χ2n) is 8.38. The smallest absolute Gasteiger partial charge is 0.412 e. The van der Waals surface area contributed by atoms with Gasteiger partial charge in [0, 0.05) is 6.54 Å². The molecule has 2 aromatic carbocycles. The Hall–Kier alpha value is -3.79. The van der Waals surface area contributed by atoms with Crippen LogP contribution in [0.1, 0.15) is 35.7 Å². The van der Waals surface area contributed by atoms with Gasteiger partial charge in [0.2, 0.25) is 0 Å². The summed E-state index contributed by atoms with van der Waals surface area (Å²) in [7, 11) is 0. The number of amides is 2. The number of hydrogen-bond acceptors (Lipinski definition) is 6. The highest BCUT2D eigenvalue weighted by Crippen LogP contribution is 2.45. The van der Waals surface area contributed by atoms with Crippen LogP contribution in [-0.2, 0) is 10.3 Å². The number of anilines is 2. The van der Waals surface area contributed by atoms with Crippen molar-refractivity contribution in [3.8, 4) is 11.4 Å². The average molecular weight is 500 g/mol. The Bertz CT molecular complexity index is 1330. The summed E-state index contributed by atoms with van der Waals surface area (Å²) in [4.78, 5) is 27.3. The SMILES string of the molecule is CCOc1ccccc1-n1ncc(C(=O)N2CCC[C@@]3(C2)OC(=O)Nc2ccc(Cl)c(F)c23)c1N. The normalized spacial score (nSPS) is 19.2. The zero-order chi connectivity index (χ0) is 24.7. The highest BCUT2D eigenvalue weighted by molar-refractivity contribution is 6.31. The van der Waals surface area contributed by atoms with E-state index in [1.807, 2.05) is 19.1 Å². The lowest BCUT2D eigenvalue weighted by Gasteiger charge is -2.45. The van der Waals surface area contributed by atoms with E-state index >= 15 is 4.39 Å². The minimum absolute atomic E-state index is 0.0519. The monoisotopic (exact) mass is 499 g/mol. The van der Waals surface area contributed by atoms with Gasteiger partial charge in [-0.05, 0) is 44.0 Å². The summed E-state index contributed by atoms with van der Waals surface area (Å²) in [5, 5.41) is 6.73. The number of ether oxygens (including phenoxy) is 2. The number of halogens is 2. The van der Waals surface area contributed by atoms with Gasteiger partial charge in [-0.25, -0.2) is 13.9 Å². The third-order valence-corrected chi connectivity index (χ3v) is 6.54. The molecule has 0 saturated carbocycles. The topological polar surface area (TPSA) is 112 Å². The average Bonchev–Trinajstić information content (AvgIpc) is 3.22. The Morgan fingerprint density at radius 1 is 1.34 bits per heavy atom. The van der Waals surface area contributed by atoms with Crippen molar-refractivity contribution in [2.24, 2.45) is 0 Å². The largest absolute Gasteiger partial charge is 0.492 e. The van der Waals surface area contributed by atoms with Gasteiger partial charge < -0.3 is 20.1 Å². The van der Waals surface area contributed by atoms with Crippen LogP contribution in [0.4, 0.5) is 20.7 Å². The maximum atomic E-state index is 15.1.